The lowest BCUT2D eigenvalue weighted by atomic mass is 10.2. The van der Waals surface area contributed by atoms with Crippen molar-refractivity contribution in [1.82, 2.24) is 25.1 Å². The van der Waals surface area contributed by atoms with Gasteiger partial charge in [-0.3, -0.25) is 4.90 Å². The Morgan fingerprint density at radius 2 is 2.00 bits per heavy atom. The summed E-state index contributed by atoms with van der Waals surface area (Å²) in [5.74, 6) is 0.617. The molecule has 2 amide bonds. The van der Waals surface area contributed by atoms with Crippen molar-refractivity contribution in [2.45, 2.75) is 32.6 Å². The molecule has 1 fully saturated rings. The summed E-state index contributed by atoms with van der Waals surface area (Å²) in [6, 6.07) is -0.0757. The smallest absolute Gasteiger partial charge is 0.332 e. The van der Waals surface area contributed by atoms with Crippen LogP contribution in [0, 0.1) is 6.92 Å². The molecule has 23 heavy (non-hydrogen) atoms. The van der Waals surface area contributed by atoms with E-state index < -0.39 is 12.2 Å². The van der Waals surface area contributed by atoms with Crippen molar-refractivity contribution in [3.05, 3.63) is 23.8 Å². The van der Waals surface area contributed by atoms with Crippen LogP contribution >= 0.6 is 0 Å². The zero-order valence-corrected chi connectivity index (χ0v) is 13.1. The maximum atomic E-state index is 12.7. The van der Waals surface area contributed by atoms with Crippen molar-refractivity contribution in [2.24, 2.45) is 0 Å². The number of alkyl halides is 3. The minimum Gasteiger partial charge on any atom is -0.332 e. The van der Waals surface area contributed by atoms with Gasteiger partial charge in [0.1, 0.15) is 11.9 Å². The minimum absolute atomic E-state index is 0.209. The van der Waals surface area contributed by atoms with Crippen LogP contribution in [0.15, 0.2) is 12.3 Å². The Bertz CT molecular complexity index is 543. The molecule has 1 unspecified atom stereocenters. The third-order valence-electron chi connectivity index (χ3n) is 3.88. The zero-order valence-electron chi connectivity index (χ0n) is 13.1. The van der Waals surface area contributed by atoms with Gasteiger partial charge in [0.05, 0.1) is 12.2 Å². The van der Waals surface area contributed by atoms with Crippen LogP contribution in [0.5, 0.6) is 0 Å². The molecule has 0 spiro atoms. The largest absolute Gasteiger partial charge is 0.403 e. The first kappa shape index (κ1) is 17.5. The van der Waals surface area contributed by atoms with Crippen molar-refractivity contribution >= 4 is 6.03 Å². The molecular weight excluding hydrogens is 311 g/mol. The highest BCUT2D eigenvalue weighted by Crippen LogP contribution is 2.25. The van der Waals surface area contributed by atoms with Crippen LogP contribution in [0.3, 0.4) is 0 Å². The fraction of sp³-hybridized carbons (Fsp3) is 0.643. The lowest BCUT2D eigenvalue weighted by molar-refractivity contribution is -0.181. The fourth-order valence-corrected chi connectivity index (χ4v) is 2.40. The molecule has 2 rings (SSSR count). The second-order valence-electron chi connectivity index (χ2n) is 5.49. The number of halogens is 3. The summed E-state index contributed by atoms with van der Waals surface area (Å²) in [4.78, 5) is 23.1. The first-order valence-electron chi connectivity index (χ1n) is 7.39. The van der Waals surface area contributed by atoms with Crippen molar-refractivity contribution < 1.29 is 18.0 Å². The first-order valence-corrected chi connectivity index (χ1v) is 7.39. The maximum absolute atomic E-state index is 12.7. The normalized spacial score (nSPS) is 17.9. The number of carbonyl (C=O) groups is 1. The Balaban J connectivity index is 1.80. The van der Waals surface area contributed by atoms with Crippen molar-refractivity contribution in [3.63, 3.8) is 0 Å². The summed E-state index contributed by atoms with van der Waals surface area (Å²) in [6.07, 6.45) is -2.63. The molecule has 1 aliphatic rings. The van der Waals surface area contributed by atoms with Crippen LogP contribution < -0.4 is 5.32 Å². The molecular formula is C14H20F3N5O. The number of amides is 2. The van der Waals surface area contributed by atoms with Gasteiger partial charge < -0.3 is 10.2 Å². The van der Waals surface area contributed by atoms with Crippen LogP contribution in [-0.2, 0) is 6.54 Å². The zero-order chi connectivity index (χ0) is 17.0. The highest BCUT2D eigenvalue weighted by molar-refractivity contribution is 5.74. The van der Waals surface area contributed by atoms with E-state index >= 15 is 0 Å². The van der Waals surface area contributed by atoms with Crippen LogP contribution in [-0.4, -0.2) is 64.2 Å². The highest BCUT2D eigenvalue weighted by atomic mass is 19.4. The Morgan fingerprint density at radius 1 is 1.35 bits per heavy atom. The number of nitrogens with zero attached hydrogens (tertiary/aromatic N) is 4. The van der Waals surface area contributed by atoms with Crippen LogP contribution in [0.2, 0.25) is 0 Å². The second-order valence-corrected chi connectivity index (χ2v) is 5.49. The van der Waals surface area contributed by atoms with E-state index in [0.717, 1.165) is 6.92 Å². The van der Waals surface area contributed by atoms with E-state index in [1.165, 1.54) is 9.80 Å². The molecule has 2 heterocycles. The van der Waals surface area contributed by atoms with Gasteiger partial charge in [0.15, 0.2) is 0 Å². The number of hydrogen-bond donors (Lipinski definition) is 1. The van der Waals surface area contributed by atoms with E-state index in [1.54, 1.807) is 19.2 Å². The topological polar surface area (TPSA) is 61.4 Å². The molecule has 6 nitrogen and oxygen atoms in total. The van der Waals surface area contributed by atoms with E-state index in [0.29, 0.717) is 11.5 Å². The van der Waals surface area contributed by atoms with E-state index in [1.807, 2.05) is 0 Å². The third-order valence-corrected chi connectivity index (χ3v) is 3.88. The first-order chi connectivity index (χ1) is 10.8. The van der Waals surface area contributed by atoms with Crippen LogP contribution in [0.4, 0.5) is 18.0 Å². The summed E-state index contributed by atoms with van der Waals surface area (Å²) in [7, 11) is 0. The second kappa shape index (κ2) is 7.12. The summed E-state index contributed by atoms with van der Waals surface area (Å²) >= 11 is 0. The van der Waals surface area contributed by atoms with Gasteiger partial charge in [-0.25, -0.2) is 14.8 Å². The van der Waals surface area contributed by atoms with Gasteiger partial charge in [-0.1, -0.05) is 0 Å². The Morgan fingerprint density at radius 3 is 2.57 bits per heavy atom. The third kappa shape index (κ3) is 4.78. The molecule has 9 heteroatoms. The molecule has 0 aliphatic carbocycles. The number of aromatic nitrogens is 2. The lowest BCUT2D eigenvalue weighted by Crippen LogP contribution is -2.56. The predicted molar refractivity (Wildman–Crippen MR) is 77.7 cm³/mol. The lowest BCUT2D eigenvalue weighted by Gasteiger charge is -2.38. The molecule has 1 N–H and O–H groups in total. The van der Waals surface area contributed by atoms with E-state index in [-0.39, 0.29) is 38.8 Å². The van der Waals surface area contributed by atoms with Gasteiger partial charge in [-0.15, -0.1) is 0 Å². The molecule has 0 saturated carbocycles. The van der Waals surface area contributed by atoms with Crippen LogP contribution in [0.25, 0.3) is 0 Å². The maximum Gasteiger partial charge on any atom is 0.403 e. The van der Waals surface area contributed by atoms with Gasteiger partial charge >= 0.3 is 12.2 Å². The molecule has 0 bridgehead atoms. The molecule has 0 radical (unpaired) electrons. The van der Waals surface area contributed by atoms with Gasteiger partial charge in [0.2, 0.25) is 0 Å². The Labute approximate surface area is 132 Å². The number of hydrogen-bond acceptors (Lipinski definition) is 4. The average molecular weight is 331 g/mol. The van der Waals surface area contributed by atoms with Gasteiger partial charge in [-0.05, 0) is 19.9 Å². The van der Waals surface area contributed by atoms with Crippen molar-refractivity contribution in [1.29, 1.82) is 0 Å². The average Bonchev–Trinajstić information content (AvgIpc) is 2.51. The van der Waals surface area contributed by atoms with E-state index in [2.05, 4.69) is 15.3 Å². The number of carbonyl (C=O) groups excluding carboxylic acids is 1. The Kier molecular flexibility index (Phi) is 5.40. The fourth-order valence-electron chi connectivity index (χ4n) is 2.40. The number of urea groups is 1. The van der Waals surface area contributed by atoms with Gasteiger partial charge in [-0.2, -0.15) is 13.2 Å². The van der Waals surface area contributed by atoms with E-state index in [9.17, 15) is 18.0 Å². The molecule has 128 valence electrons. The quantitative estimate of drug-likeness (QED) is 0.913. The summed E-state index contributed by atoms with van der Waals surface area (Å²) in [5.41, 5.74) is 0.690. The molecule has 1 saturated heterocycles. The molecule has 1 aromatic rings. The highest BCUT2D eigenvalue weighted by Gasteiger charge is 2.41. The summed E-state index contributed by atoms with van der Waals surface area (Å²) < 4.78 is 38.1. The number of rotatable bonds is 3. The summed E-state index contributed by atoms with van der Waals surface area (Å²) in [6.45, 7) is 4.13. The predicted octanol–water partition coefficient (Wildman–Crippen LogP) is 1.56. The SMILES string of the molecule is Cc1nccc(CNC(=O)N2CCN(C(C)C(F)(F)F)CC2)n1. The van der Waals surface area contributed by atoms with Gasteiger partial charge in [0.25, 0.3) is 0 Å². The number of piperazine rings is 1. The minimum atomic E-state index is -4.24. The monoisotopic (exact) mass is 331 g/mol. The molecule has 0 aromatic carbocycles. The van der Waals surface area contributed by atoms with Crippen LogP contribution in [0.1, 0.15) is 18.4 Å². The molecule has 1 atom stereocenters. The molecule has 1 aromatic heterocycles. The summed E-state index contributed by atoms with van der Waals surface area (Å²) in [5, 5.41) is 2.73. The van der Waals surface area contributed by atoms with Crippen molar-refractivity contribution in [3.8, 4) is 0 Å². The van der Waals surface area contributed by atoms with Crippen molar-refractivity contribution in [2.75, 3.05) is 26.2 Å². The number of aryl methyl sites for hydroxylation is 1. The van der Waals surface area contributed by atoms with E-state index in [4.69, 9.17) is 0 Å². The Hall–Kier alpha value is -1.90. The number of nitrogens with one attached hydrogen (secondary N) is 1. The molecule has 1 aliphatic heterocycles. The van der Waals surface area contributed by atoms with Gasteiger partial charge in [0, 0.05) is 32.4 Å². The standard InChI is InChI=1S/C14H20F3N5O/c1-10(14(15,16)17)21-5-7-22(8-6-21)13(23)19-9-12-3-4-18-11(2)20-12/h3-4,10H,5-9H2,1-2H3,(H,19,23).